The quantitative estimate of drug-likeness (QED) is 0.625. The molecule has 4 N–H and O–H groups in total. The summed E-state index contributed by atoms with van der Waals surface area (Å²) >= 11 is 0. The normalized spacial score (nSPS) is 47.0. The van der Waals surface area contributed by atoms with Gasteiger partial charge < -0.3 is 11.0 Å². The number of hydrogen-bond donors (Lipinski definition) is 0. The summed E-state index contributed by atoms with van der Waals surface area (Å²) in [6, 6.07) is 0. The van der Waals surface area contributed by atoms with E-state index in [0.29, 0.717) is 10.8 Å². The molecule has 2 heteroatoms. The minimum atomic E-state index is 0. The Bertz CT molecular complexity index is 365. The van der Waals surface area contributed by atoms with Crippen LogP contribution in [0, 0.1) is 40.4 Å². The van der Waals surface area contributed by atoms with Gasteiger partial charge in [0.15, 0.2) is 0 Å². The average Bonchev–Trinajstić information content (AvgIpc) is 2.35. The third kappa shape index (κ3) is 3.11. The van der Waals surface area contributed by atoms with E-state index < -0.39 is 0 Å². The highest BCUT2D eigenvalue weighted by atomic mass is 16.0. The van der Waals surface area contributed by atoms with Crippen molar-refractivity contribution in [3.05, 3.63) is 0 Å². The fourth-order valence-electron chi connectivity index (χ4n) is 6.67. The van der Waals surface area contributed by atoms with Gasteiger partial charge in [0.25, 0.3) is 0 Å². The topological polar surface area (TPSA) is 63.0 Å². The molecule has 0 aliphatic heterocycles. The zero-order valence-electron chi connectivity index (χ0n) is 15.5. The van der Waals surface area contributed by atoms with Gasteiger partial charge in [-0.2, -0.15) is 0 Å². The molecule has 3 aliphatic rings. The maximum absolute atomic E-state index is 2.64. The van der Waals surface area contributed by atoms with E-state index in [1.165, 1.54) is 51.4 Å². The third-order valence-electron chi connectivity index (χ3n) is 8.22. The molecule has 0 spiro atoms. The molecule has 0 heterocycles. The molecule has 2 bridgehead atoms. The largest absolute Gasteiger partial charge is 0.412 e. The number of rotatable bonds is 0. The number of hydrogen-bond acceptors (Lipinski definition) is 0. The smallest absolute Gasteiger partial charge is 0.0295 e. The Morgan fingerprint density at radius 2 is 1.36 bits per heavy atom. The van der Waals surface area contributed by atoms with E-state index in [0.717, 1.165) is 29.6 Å². The molecule has 0 unspecified atom stereocenters. The first-order valence-corrected chi connectivity index (χ1v) is 9.34. The van der Waals surface area contributed by atoms with Gasteiger partial charge in [0.1, 0.15) is 0 Å². The molecule has 3 saturated carbocycles. The van der Waals surface area contributed by atoms with E-state index >= 15 is 0 Å². The Labute approximate surface area is 138 Å². The van der Waals surface area contributed by atoms with Gasteiger partial charge in [0.2, 0.25) is 0 Å². The first-order chi connectivity index (χ1) is 9.34. The molecular weight excluding hydrogens is 272 g/mol. The molecule has 3 fully saturated rings. The Balaban J connectivity index is 0.00000121. The van der Waals surface area contributed by atoms with Gasteiger partial charge in [0, 0.05) is 0 Å². The summed E-state index contributed by atoms with van der Waals surface area (Å²) in [5.41, 5.74) is 1.26. The summed E-state index contributed by atoms with van der Waals surface area (Å²) in [5.74, 6) is 4.92. The van der Waals surface area contributed by atoms with Crippen LogP contribution in [0.2, 0.25) is 0 Å². The molecule has 0 amide bonds. The fraction of sp³-hybridized carbons (Fsp3) is 1.00. The van der Waals surface area contributed by atoms with Crippen LogP contribution in [0.25, 0.3) is 0 Å². The summed E-state index contributed by atoms with van der Waals surface area (Å²) in [6.45, 7) is 12.9. The Morgan fingerprint density at radius 3 is 2.05 bits per heavy atom. The van der Waals surface area contributed by atoms with Gasteiger partial charge in [-0.1, -0.05) is 53.9 Å². The standard InChI is InChI=1S/C20H36.2H2O/c1-14-7-6-11-20(5)12-10-17-15(2)8-9-16(13-18(14)20)19(17,3)4;;/h14-18H,6-13H2,1-5H3;2*1H2/t14-,15-,16+,17+,18-,20+;;/m1../s1. The molecule has 6 atom stereocenters. The van der Waals surface area contributed by atoms with E-state index in [9.17, 15) is 0 Å². The average molecular weight is 313 g/mol. The summed E-state index contributed by atoms with van der Waals surface area (Å²) in [5, 5.41) is 0. The van der Waals surface area contributed by atoms with Gasteiger partial charge in [-0.15, -0.1) is 0 Å². The van der Waals surface area contributed by atoms with Gasteiger partial charge in [-0.05, 0) is 72.5 Å². The Morgan fingerprint density at radius 1 is 0.727 bits per heavy atom. The van der Waals surface area contributed by atoms with Gasteiger partial charge in [0.05, 0.1) is 0 Å². The lowest BCUT2D eigenvalue weighted by Gasteiger charge is -2.57. The summed E-state index contributed by atoms with van der Waals surface area (Å²) in [7, 11) is 0. The molecule has 0 aromatic carbocycles. The first kappa shape index (κ1) is 20.0. The van der Waals surface area contributed by atoms with Crippen molar-refractivity contribution >= 4 is 0 Å². The molecule has 2 nitrogen and oxygen atoms in total. The zero-order valence-corrected chi connectivity index (χ0v) is 15.5. The van der Waals surface area contributed by atoms with E-state index in [2.05, 4.69) is 34.6 Å². The highest BCUT2D eigenvalue weighted by molar-refractivity contribution is 5.00. The molecule has 0 saturated heterocycles. The van der Waals surface area contributed by atoms with Crippen molar-refractivity contribution in [1.82, 2.24) is 0 Å². The second kappa shape index (κ2) is 6.81. The van der Waals surface area contributed by atoms with Crippen LogP contribution in [0.3, 0.4) is 0 Å². The van der Waals surface area contributed by atoms with Crippen LogP contribution in [0.1, 0.15) is 86.0 Å². The zero-order chi connectivity index (χ0) is 14.5. The van der Waals surface area contributed by atoms with Crippen LogP contribution in [0.4, 0.5) is 0 Å². The lowest BCUT2D eigenvalue weighted by Crippen LogP contribution is -2.48. The monoisotopic (exact) mass is 312 g/mol. The van der Waals surface area contributed by atoms with Gasteiger partial charge >= 0.3 is 0 Å². The maximum atomic E-state index is 2.64. The van der Waals surface area contributed by atoms with Crippen LogP contribution < -0.4 is 0 Å². The van der Waals surface area contributed by atoms with Crippen molar-refractivity contribution in [3.8, 4) is 0 Å². The predicted molar refractivity (Wildman–Crippen MR) is 94.8 cm³/mol. The lowest BCUT2D eigenvalue weighted by molar-refractivity contribution is -0.0692. The number of fused-ring (bicyclic) bond motifs is 3. The lowest BCUT2D eigenvalue weighted by atomic mass is 9.48. The Kier molecular flexibility index (Phi) is 6.18. The van der Waals surface area contributed by atoms with Crippen LogP contribution in [-0.4, -0.2) is 11.0 Å². The SMILES string of the molecule is C[C@@H]1CCC[C@@]2(C)CC[C@H]3[C@H](C)CC[C@@H](C[C@H]12)C3(C)C.O.O. The van der Waals surface area contributed by atoms with Crippen molar-refractivity contribution in [3.63, 3.8) is 0 Å². The summed E-state index contributed by atoms with van der Waals surface area (Å²) in [6.07, 6.45) is 12.0. The third-order valence-corrected chi connectivity index (χ3v) is 8.22. The minimum absolute atomic E-state index is 0. The first-order valence-electron chi connectivity index (χ1n) is 9.34. The molecule has 22 heavy (non-hydrogen) atoms. The minimum Gasteiger partial charge on any atom is -0.412 e. The Hall–Kier alpha value is -0.0800. The van der Waals surface area contributed by atoms with Crippen molar-refractivity contribution in [2.75, 3.05) is 0 Å². The van der Waals surface area contributed by atoms with Crippen molar-refractivity contribution < 1.29 is 11.0 Å². The second-order valence-electron chi connectivity index (χ2n) is 9.58. The molecule has 0 radical (unpaired) electrons. The maximum Gasteiger partial charge on any atom is -0.0295 e. The van der Waals surface area contributed by atoms with E-state index in [1.54, 1.807) is 0 Å². The van der Waals surface area contributed by atoms with Crippen LogP contribution in [-0.2, 0) is 0 Å². The van der Waals surface area contributed by atoms with Crippen molar-refractivity contribution in [1.29, 1.82) is 0 Å². The molecule has 3 aliphatic carbocycles. The molecule has 3 rings (SSSR count). The van der Waals surface area contributed by atoms with E-state index in [1.807, 2.05) is 0 Å². The van der Waals surface area contributed by atoms with E-state index in [4.69, 9.17) is 0 Å². The fourth-order valence-corrected chi connectivity index (χ4v) is 6.67. The molecule has 132 valence electrons. The van der Waals surface area contributed by atoms with Crippen molar-refractivity contribution in [2.24, 2.45) is 40.4 Å². The second-order valence-corrected chi connectivity index (χ2v) is 9.58. The van der Waals surface area contributed by atoms with Crippen LogP contribution in [0.5, 0.6) is 0 Å². The highest BCUT2D eigenvalue weighted by Gasteiger charge is 2.50. The van der Waals surface area contributed by atoms with Gasteiger partial charge in [-0.3, -0.25) is 0 Å². The summed E-state index contributed by atoms with van der Waals surface area (Å²) in [4.78, 5) is 0. The molecule has 0 aromatic rings. The summed E-state index contributed by atoms with van der Waals surface area (Å²) < 4.78 is 0. The van der Waals surface area contributed by atoms with Crippen LogP contribution >= 0.6 is 0 Å². The highest BCUT2D eigenvalue weighted by Crippen LogP contribution is 2.60. The predicted octanol–water partition coefficient (Wildman–Crippen LogP) is 4.65. The van der Waals surface area contributed by atoms with E-state index in [-0.39, 0.29) is 11.0 Å². The van der Waals surface area contributed by atoms with Crippen molar-refractivity contribution in [2.45, 2.75) is 86.0 Å². The molecular formula is C20H40O2. The molecule has 0 aromatic heterocycles. The van der Waals surface area contributed by atoms with Crippen LogP contribution in [0.15, 0.2) is 0 Å². The van der Waals surface area contributed by atoms with Gasteiger partial charge in [-0.25, -0.2) is 0 Å².